The molecule has 0 aliphatic heterocycles. The molecule has 144 valence electrons. The Morgan fingerprint density at radius 1 is 1.19 bits per heavy atom. The van der Waals surface area contributed by atoms with Crippen molar-refractivity contribution in [1.29, 1.82) is 0 Å². The predicted molar refractivity (Wildman–Crippen MR) is 96.6 cm³/mol. The summed E-state index contributed by atoms with van der Waals surface area (Å²) in [7, 11) is 2.93. The molecule has 2 aromatic heterocycles. The molecule has 2 heterocycles. The van der Waals surface area contributed by atoms with Crippen LogP contribution in [0.15, 0.2) is 35.4 Å². The first-order chi connectivity index (χ1) is 13.0. The lowest BCUT2D eigenvalue weighted by Crippen LogP contribution is -2.10. The van der Waals surface area contributed by atoms with Gasteiger partial charge in [-0.2, -0.15) is 4.98 Å². The van der Waals surface area contributed by atoms with Crippen molar-refractivity contribution in [2.75, 3.05) is 25.5 Å². The van der Waals surface area contributed by atoms with Gasteiger partial charge >= 0.3 is 0 Å². The summed E-state index contributed by atoms with van der Waals surface area (Å²) in [6, 6.07) is 6.66. The highest BCUT2D eigenvalue weighted by Gasteiger charge is 2.16. The lowest BCUT2D eigenvalue weighted by atomic mass is 10.2. The lowest BCUT2D eigenvalue weighted by molar-refractivity contribution is 0.0770. The minimum Gasteiger partial charge on any atom is -0.497 e. The number of nitrogens with one attached hydrogen (secondary N) is 2. The lowest BCUT2D eigenvalue weighted by Gasteiger charge is -2.12. The first-order valence-corrected chi connectivity index (χ1v) is 8.57. The highest BCUT2D eigenvalue weighted by Crippen LogP contribution is 2.35. The Morgan fingerprint density at radius 2 is 2.00 bits per heavy atom. The van der Waals surface area contributed by atoms with Gasteiger partial charge in [-0.3, -0.25) is 0 Å². The number of aromatic amines is 1. The summed E-state index contributed by atoms with van der Waals surface area (Å²) in [4.78, 5) is 7.77. The van der Waals surface area contributed by atoms with Crippen molar-refractivity contribution in [3.63, 3.8) is 0 Å². The van der Waals surface area contributed by atoms with E-state index in [2.05, 4.69) is 19.4 Å². The van der Waals surface area contributed by atoms with E-state index in [1.54, 1.807) is 13.3 Å². The van der Waals surface area contributed by atoms with Crippen LogP contribution in [0, 0.1) is 5.82 Å². The Labute approximate surface area is 157 Å². The molecule has 0 bridgehead atoms. The van der Waals surface area contributed by atoms with Crippen LogP contribution < -0.4 is 18.9 Å². The second kappa shape index (κ2) is 8.30. The molecular formula is C17H16F3N3O3S. The van der Waals surface area contributed by atoms with E-state index in [4.69, 9.17) is 9.47 Å². The molecule has 3 rings (SSSR count). The summed E-state index contributed by atoms with van der Waals surface area (Å²) in [5, 5.41) is 0.942. The van der Waals surface area contributed by atoms with E-state index in [1.165, 1.54) is 19.1 Å². The molecular weight excluding hydrogens is 383 g/mol. The summed E-state index contributed by atoms with van der Waals surface area (Å²) in [6.45, 7) is -0.951. The van der Waals surface area contributed by atoms with E-state index >= 15 is 0 Å². The molecule has 1 aromatic carbocycles. The van der Waals surface area contributed by atoms with E-state index < -0.39 is 24.7 Å². The number of fused-ring (bicyclic) bond motifs is 1. The molecule has 6 nitrogen and oxygen atoms in total. The number of ether oxygens (including phenoxy) is 3. The van der Waals surface area contributed by atoms with Gasteiger partial charge in [0.2, 0.25) is 5.88 Å². The van der Waals surface area contributed by atoms with Crippen molar-refractivity contribution >= 4 is 28.5 Å². The van der Waals surface area contributed by atoms with Crippen molar-refractivity contribution in [3.05, 3.63) is 36.3 Å². The van der Waals surface area contributed by atoms with Gasteiger partial charge in [0, 0.05) is 23.7 Å². The zero-order chi connectivity index (χ0) is 19.4. The van der Waals surface area contributed by atoms with Crippen LogP contribution in [0.2, 0.25) is 0 Å². The minimum absolute atomic E-state index is 0.0228. The molecule has 0 amide bonds. The number of halogens is 3. The molecule has 0 unspecified atom stereocenters. The number of anilines is 1. The average Bonchev–Trinajstić information content (AvgIpc) is 3.07. The van der Waals surface area contributed by atoms with Crippen molar-refractivity contribution < 1.29 is 27.4 Å². The Balaban J connectivity index is 1.78. The largest absolute Gasteiger partial charge is 0.497 e. The maximum Gasteiger partial charge on any atom is 0.272 e. The second-order valence-corrected chi connectivity index (χ2v) is 6.15. The van der Waals surface area contributed by atoms with Gasteiger partial charge in [-0.1, -0.05) is 0 Å². The third kappa shape index (κ3) is 4.33. The van der Waals surface area contributed by atoms with Crippen LogP contribution in [-0.2, 0) is 0 Å². The molecule has 2 N–H and O–H groups in total. The maximum absolute atomic E-state index is 14.1. The van der Waals surface area contributed by atoms with Gasteiger partial charge in [0.25, 0.3) is 12.3 Å². The number of alkyl halides is 2. The standard InChI is InChI=1S/C17H16F3N3O3S/c1-24-9-3-4-10-12(5-9)21-7-14(10)27-23-13-6-11(18)16(22-17(13)25-2)26-8-15(19)20/h3-7,15,21,23H,8H2,1-2H3. The number of benzene rings is 1. The molecule has 0 saturated carbocycles. The quantitative estimate of drug-likeness (QED) is 0.545. The minimum atomic E-state index is -2.73. The second-order valence-electron chi connectivity index (χ2n) is 5.30. The summed E-state index contributed by atoms with van der Waals surface area (Å²) >= 11 is 1.22. The Morgan fingerprint density at radius 3 is 2.70 bits per heavy atom. The number of rotatable bonds is 8. The number of nitrogens with zero attached hydrogens (tertiary/aromatic N) is 1. The van der Waals surface area contributed by atoms with Crippen LogP contribution in [0.5, 0.6) is 17.5 Å². The van der Waals surface area contributed by atoms with Crippen LogP contribution >= 0.6 is 11.9 Å². The number of methoxy groups -OCH3 is 2. The van der Waals surface area contributed by atoms with Gasteiger partial charge in [0.15, 0.2) is 12.4 Å². The fourth-order valence-electron chi connectivity index (χ4n) is 2.33. The van der Waals surface area contributed by atoms with E-state index in [-0.39, 0.29) is 11.6 Å². The van der Waals surface area contributed by atoms with Crippen LogP contribution in [0.3, 0.4) is 0 Å². The fraction of sp³-hybridized carbons (Fsp3) is 0.235. The van der Waals surface area contributed by atoms with Crippen molar-refractivity contribution in [2.24, 2.45) is 0 Å². The Hall–Kier alpha value is -2.75. The SMILES string of the molecule is COc1ccc2c(SNc3cc(F)c(OCC(F)F)nc3OC)c[nH]c2c1. The number of hydrogen-bond donors (Lipinski definition) is 2. The van der Waals surface area contributed by atoms with Crippen molar-refractivity contribution in [2.45, 2.75) is 11.3 Å². The summed E-state index contributed by atoms with van der Waals surface area (Å²) < 4.78 is 56.4. The third-order valence-electron chi connectivity index (χ3n) is 3.57. The first kappa shape index (κ1) is 19.0. The van der Waals surface area contributed by atoms with Gasteiger partial charge in [0.05, 0.1) is 24.6 Å². The molecule has 3 aromatic rings. The van der Waals surface area contributed by atoms with Gasteiger partial charge < -0.3 is 23.9 Å². The number of pyridine rings is 1. The normalized spacial score (nSPS) is 11.0. The van der Waals surface area contributed by atoms with Crippen LogP contribution in [0.4, 0.5) is 18.9 Å². The van der Waals surface area contributed by atoms with E-state index in [0.717, 1.165) is 27.6 Å². The van der Waals surface area contributed by atoms with Gasteiger partial charge in [-0.15, -0.1) is 0 Å². The third-order valence-corrected chi connectivity index (χ3v) is 4.45. The zero-order valence-electron chi connectivity index (χ0n) is 14.4. The first-order valence-electron chi connectivity index (χ1n) is 7.75. The molecule has 27 heavy (non-hydrogen) atoms. The van der Waals surface area contributed by atoms with E-state index in [9.17, 15) is 13.2 Å². The van der Waals surface area contributed by atoms with Crippen molar-refractivity contribution in [3.8, 4) is 17.5 Å². The molecule has 0 spiro atoms. The number of hydrogen-bond acceptors (Lipinski definition) is 6. The molecule has 0 aliphatic rings. The molecule has 0 radical (unpaired) electrons. The zero-order valence-corrected chi connectivity index (χ0v) is 15.2. The van der Waals surface area contributed by atoms with E-state index in [1.807, 2.05) is 18.2 Å². The maximum atomic E-state index is 14.1. The summed E-state index contributed by atoms with van der Waals surface area (Å²) in [5.41, 5.74) is 1.12. The van der Waals surface area contributed by atoms with Crippen LogP contribution in [-0.4, -0.2) is 37.2 Å². The van der Waals surface area contributed by atoms with Crippen molar-refractivity contribution in [1.82, 2.24) is 9.97 Å². The highest BCUT2D eigenvalue weighted by molar-refractivity contribution is 8.00. The van der Waals surface area contributed by atoms with E-state index in [0.29, 0.717) is 0 Å². The van der Waals surface area contributed by atoms with Gasteiger partial charge in [0.1, 0.15) is 11.4 Å². The topological polar surface area (TPSA) is 68.4 Å². The fourth-order valence-corrected chi connectivity index (χ4v) is 3.10. The highest BCUT2D eigenvalue weighted by atomic mass is 32.2. The number of H-pyrrole nitrogens is 1. The average molecular weight is 399 g/mol. The predicted octanol–water partition coefficient (Wildman–Crippen LogP) is 4.48. The van der Waals surface area contributed by atoms with Gasteiger partial charge in [-0.05, 0) is 24.1 Å². The van der Waals surface area contributed by atoms with Gasteiger partial charge in [-0.25, -0.2) is 13.2 Å². The molecule has 0 fully saturated rings. The van der Waals surface area contributed by atoms with Crippen LogP contribution in [0.25, 0.3) is 10.9 Å². The Bertz CT molecular complexity index is 936. The monoisotopic (exact) mass is 399 g/mol. The van der Waals surface area contributed by atoms with Crippen LogP contribution in [0.1, 0.15) is 0 Å². The smallest absolute Gasteiger partial charge is 0.272 e. The molecule has 10 heteroatoms. The summed E-state index contributed by atoms with van der Waals surface area (Å²) in [5.74, 6) is -0.666. The Kier molecular flexibility index (Phi) is 5.84. The molecule has 0 saturated heterocycles. The molecule has 0 aliphatic carbocycles. The molecule has 0 atom stereocenters. The number of aromatic nitrogens is 2. The summed E-state index contributed by atoms with van der Waals surface area (Å²) in [6.07, 6.45) is -0.941.